The fourth-order valence-electron chi connectivity index (χ4n) is 9.07. The van der Waals surface area contributed by atoms with Crippen molar-refractivity contribution in [1.82, 2.24) is 0 Å². The molecule has 0 spiro atoms. The van der Waals surface area contributed by atoms with Crippen LogP contribution in [0.4, 0.5) is 5.69 Å². The van der Waals surface area contributed by atoms with Crippen LogP contribution in [0.1, 0.15) is 50.7 Å². The predicted molar refractivity (Wildman–Crippen MR) is 175 cm³/mol. The molecule has 2 saturated carbocycles. The number of hydrogen-bond acceptors (Lipinski definition) is 6. The molecule has 0 aromatic heterocycles. The monoisotopic (exact) mass is 617 g/mol. The smallest absolute Gasteiger partial charge is 0.320 e. The third kappa shape index (κ3) is 4.16. The number of methoxy groups -OCH3 is 1. The van der Waals surface area contributed by atoms with Crippen molar-refractivity contribution in [1.29, 1.82) is 0 Å². The molecule has 236 valence electrons. The maximum absolute atomic E-state index is 14.4. The Bertz CT molecular complexity index is 1840. The van der Waals surface area contributed by atoms with Crippen LogP contribution in [0.2, 0.25) is 0 Å². The lowest BCUT2D eigenvalue weighted by Gasteiger charge is -2.47. The average molecular weight is 618 g/mol. The molecule has 2 unspecified atom stereocenters. The first kappa shape index (κ1) is 28.9. The highest BCUT2D eigenvalue weighted by Crippen LogP contribution is 2.72. The van der Waals surface area contributed by atoms with Gasteiger partial charge in [-0.15, -0.1) is 0 Å². The van der Waals surface area contributed by atoms with Gasteiger partial charge in [-0.2, -0.15) is 0 Å². The highest BCUT2D eigenvalue weighted by atomic mass is 16.7. The Hall–Kier alpha value is -4.52. The lowest BCUT2D eigenvalue weighted by atomic mass is 9.64. The van der Waals surface area contributed by atoms with Gasteiger partial charge in [0.1, 0.15) is 11.9 Å². The zero-order valence-electron chi connectivity index (χ0n) is 26.7. The molecular formula is C39H39NO6. The molecule has 2 aliphatic heterocycles. The molecule has 4 aromatic carbocycles. The van der Waals surface area contributed by atoms with Gasteiger partial charge >= 0.3 is 5.97 Å². The van der Waals surface area contributed by atoms with Gasteiger partial charge in [0.25, 0.3) is 0 Å². The summed E-state index contributed by atoms with van der Waals surface area (Å²) in [5.41, 5.74) is 2.81. The summed E-state index contributed by atoms with van der Waals surface area (Å²) in [6.45, 7) is 7.22. The van der Waals surface area contributed by atoms with Gasteiger partial charge in [-0.25, -0.2) is 0 Å². The van der Waals surface area contributed by atoms with Gasteiger partial charge in [-0.05, 0) is 88.4 Å². The van der Waals surface area contributed by atoms with Crippen LogP contribution in [0.5, 0.6) is 17.2 Å². The van der Waals surface area contributed by atoms with Gasteiger partial charge in [0.2, 0.25) is 12.7 Å². The fraction of sp³-hybridized carbons (Fsp3) is 0.385. The number of benzene rings is 4. The molecule has 1 saturated heterocycles. The molecule has 2 heterocycles. The molecule has 1 amide bonds. The molecule has 3 fully saturated rings. The number of anilines is 1. The van der Waals surface area contributed by atoms with Crippen molar-refractivity contribution in [2.24, 2.45) is 22.7 Å². The van der Waals surface area contributed by atoms with E-state index in [1.54, 1.807) is 12.0 Å². The number of β-lactam (4-membered cyclic amide) rings is 1. The van der Waals surface area contributed by atoms with Crippen LogP contribution in [-0.2, 0) is 20.7 Å². The average Bonchev–Trinajstić information content (AvgIpc) is 3.66. The number of fused-ring (bicyclic) bond motifs is 4. The second-order valence-electron chi connectivity index (χ2n) is 14.1. The summed E-state index contributed by atoms with van der Waals surface area (Å²) in [5.74, 6) is 0.723. The van der Waals surface area contributed by atoms with Crippen LogP contribution < -0.4 is 19.1 Å². The predicted octanol–water partition coefficient (Wildman–Crippen LogP) is 7.30. The van der Waals surface area contributed by atoms with Crippen LogP contribution in [-0.4, -0.2) is 37.9 Å². The topological polar surface area (TPSA) is 74.3 Å². The lowest BCUT2D eigenvalue weighted by Crippen LogP contribution is -2.65. The Morgan fingerprint density at radius 3 is 2.50 bits per heavy atom. The molecule has 46 heavy (non-hydrogen) atoms. The normalized spacial score (nSPS) is 28.7. The Morgan fingerprint density at radius 1 is 0.935 bits per heavy atom. The number of carbonyl (C=O) groups is 2. The zero-order chi connectivity index (χ0) is 31.8. The maximum Gasteiger partial charge on any atom is 0.320 e. The summed E-state index contributed by atoms with van der Waals surface area (Å²) in [6.07, 6.45) is 2.23. The van der Waals surface area contributed by atoms with Gasteiger partial charge in [0, 0.05) is 17.5 Å². The summed E-state index contributed by atoms with van der Waals surface area (Å²) < 4.78 is 23.1. The van der Waals surface area contributed by atoms with Crippen molar-refractivity contribution in [3.8, 4) is 17.2 Å². The van der Waals surface area contributed by atoms with Crippen LogP contribution in [0.15, 0.2) is 84.9 Å². The van der Waals surface area contributed by atoms with E-state index < -0.39 is 17.9 Å². The van der Waals surface area contributed by atoms with Crippen molar-refractivity contribution in [3.63, 3.8) is 0 Å². The second kappa shape index (κ2) is 10.5. The Kier molecular flexibility index (Phi) is 6.61. The highest BCUT2D eigenvalue weighted by Gasteiger charge is 2.68. The van der Waals surface area contributed by atoms with E-state index in [2.05, 4.69) is 63.2 Å². The first-order chi connectivity index (χ1) is 22.2. The minimum Gasteiger partial charge on any atom is -0.497 e. The van der Waals surface area contributed by atoms with Crippen molar-refractivity contribution in [2.75, 3.05) is 18.8 Å². The number of amides is 1. The first-order valence-corrected chi connectivity index (χ1v) is 16.2. The van der Waals surface area contributed by atoms with E-state index in [1.165, 1.54) is 16.3 Å². The first-order valence-electron chi connectivity index (χ1n) is 16.2. The van der Waals surface area contributed by atoms with E-state index in [-0.39, 0.29) is 41.5 Å². The molecule has 2 aliphatic carbocycles. The number of esters is 1. The van der Waals surface area contributed by atoms with E-state index in [9.17, 15) is 9.59 Å². The Labute approximate surface area is 269 Å². The number of nitrogens with zero attached hydrogens (tertiary/aromatic N) is 1. The van der Waals surface area contributed by atoms with E-state index in [4.69, 9.17) is 18.9 Å². The summed E-state index contributed by atoms with van der Waals surface area (Å²) >= 11 is 0. The lowest BCUT2D eigenvalue weighted by molar-refractivity contribution is -0.165. The van der Waals surface area contributed by atoms with Crippen LogP contribution >= 0.6 is 0 Å². The summed E-state index contributed by atoms with van der Waals surface area (Å²) in [6, 6.07) is 27.7. The minimum atomic E-state index is -0.907. The fourth-order valence-corrected chi connectivity index (χ4v) is 9.07. The van der Waals surface area contributed by atoms with E-state index in [1.807, 2.05) is 42.5 Å². The van der Waals surface area contributed by atoms with Crippen molar-refractivity contribution >= 4 is 28.3 Å². The summed E-state index contributed by atoms with van der Waals surface area (Å²) in [7, 11) is 1.61. The van der Waals surface area contributed by atoms with Gasteiger partial charge in [-0.3, -0.25) is 9.59 Å². The van der Waals surface area contributed by atoms with Gasteiger partial charge in [-0.1, -0.05) is 69.3 Å². The highest BCUT2D eigenvalue weighted by molar-refractivity contribution is 6.14. The molecule has 7 heteroatoms. The second-order valence-corrected chi connectivity index (χ2v) is 14.1. The molecule has 7 nitrogen and oxygen atoms in total. The molecular weight excluding hydrogens is 578 g/mol. The number of hydrogen-bond donors (Lipinski definition) is 0. The molecule has 4 aromatic rings. The molecule has 0 radical (unpaired) electrons. The van der Waals surface area contributed by atoms with Crippen LogP contribution in [0, 0.1) is 22.7 Å². The minimum absolute atomic E-state index is 0.0245. The summed E-state index contributed by atoms with van der Waals surface area (Å²) in [4.78, 5) is 30.0. The van der Waals surface area contributed by atoms with Gasteiger partial charge in [0.15, 0.2) is 17.4 Å². The summed E-state index contributed by atoms with van der Waals surface area (Å²) in [5, 5.41) is 2.38. The molecule has 4 aliphatic rings. The van der Waals surface area contributed by atoms with E-state index in [0.717, 1.165) is 24.1 Å². The number of rotatable bonds is 7. The maximum atomic E-state index is 14.4. The standard InChI is InChI=1S/C39H39NO6/c1-38(2)29-18-19-39(38,3)34(28-11-7-9-24-8-5-6-10-27(24)28)35(29)46-37(42)33-30(20-23-12-17-31-32(21-23)45-22-44-31)40(36(33)41)25-13-15-26(43-4)16-14-25/h5-17,21,29-30,33-35H,18-20,22H2,1-4H3/t29-,30?,33?,34-,35-,39+/m0/s1. The largest absolute Gasteiger partial charge is 0.497 e. The Balaban J connectivity index is 1.14. The van der Waals surface area contributed by atoms with Gasteiger partial charge in [0.05, 0.1) is 13.2 Å². The Morgan fingerprint density at radius 2 is 1.70 bits per heavy atom. The van der Waals surface area contributed by atoms with Crippen LogP contribution in [0.3, 0.4) is 0 Å². The van der Waals surface area contributed by atoms with Gasteiger partial charge < -0.3 is 23.8 Å². The van der Waals surface area contributed by atoms with Crippen molar-refractivity contribution < 1.29 is 28.5 Å². The SMILES string of the molecule is COc1ccc(N2C(=O)C(C(=O)O[C@H]3[C@@H]4CC[C@](C)([C@H]3c3cccc5ccccc35)C4(C)C)C2Cc2ccc3c(c2)OCO3)cc1. The molecule has 2 bridgehead atoms. The van der Waals surface area contributed by atoms with E-state index in [0.29, 0.717) is 23.7 Å². The van der Waals surface area contributed by atoms with Crippen LogP contribution in [0.25, 0.3) is 10.8 Å². The quantitative estimate of drug-likeness (QED) is 0.123. The van der Waals surface area contributed by atoms with Crippen molar-refractivity contribution in [3.05, 3.63) is 96.1 Å². The molecule has 6 atom stereocenters. The number of ether oxygens (including phenoxy) is 4. The third-order valence-electron chi connectivity index (χ3n) is 11.9. The van der Waals surface area contributed by atoms with E-state index >= 15 is 0 Å². The third-order valence-corrected chi connectivity index (χ3v) is 11.9. The molecule has 0 N–H and O–H groups in total. The zero-order valence-corrected chi connectivity index (χ0v) is 26.7. The number of carbonyl (C=O) groups excluding carboxylic acids is 2. The molecule has 8 rings (SSSR count). The van der Waals surface area contributed by atoms with Crippen molar-refractivity contribution in [2.45, 2.75) is 58.1 Å².